The predicted molar refractivity (Wildman–Crippen MR) is 323 cm³/mol. The van der Waals surface area contributed by atoms with Crippen LogP contribution in [-0.4, -0.2) is 145 Å². The zero-order valence-corrected chi connectivity index (χ0v) is 49.6. The maximum atomic E-state index is 12.5. The number of aliphatic hydroxyl groups excluding tert-OH is 3. The second-order valence-corrected chi connectivity index (χ2v) is 18.8. The maximum absolute atomic E-state index is 12.5. The summed E-state index contributed by atoms with van der Waals surface area (Å²) < 4.78 is 9.77. The minimum absolute atomic E-state index is 0. The van der Waals surface area contributed by atoms with Gasteiger partial charge in [-0.15, -0.1) is 48.8 Å². The van der Waals surface area contributed by atoms with Crippen LogP contribution in [0.4, 0.5) is 28.1 Å². The van der Waals surface area contributed by atoms with E-state index in [0.717, 1.165) is 131 Å². The van der Waals surface area contributed by atoms with E-state index in [-0.39, 0.29) is 73.1 Å². The van der Waals surface area contributed by atoms with Crippen LogP contribution in [0.15, 0.2) is 85.5 Å². The third-order valence-corrected chi connectivity index (χ3v) is 13.0. The molecule has 6 N–H and O–H groups in total. The fourth-order valence-corrected chi connectivity index (χ4v) is 9.53. The molecule has 4 fully saturated rings. The monoisotopic (exact) mass is 1370 g/mol. The molecule has 17 nitrogen and oxygen atoms in total. The first-order valence-corrected chi connectivity index (χ1v) is 30.4. The lowest BCUT2D eigenvalue weighted by Crippen LogP contribution is -2.50. The van der Waals surface area contributed by atoms with E-state index in [1.807, 2.05) is 45.3 Å². The van der Waals surface area contributed by atoms with Crippen molar-refractivity contribution >= 4 is 137 Å². The Morgan fingerprint density at radius 3 is 1.47 bits per heavy atom. The molecule has 2 aliphatic carbocycles. The highest BCUT2D eigenvalue weighted by molar-refractivity contribution is 15.0. The van der Waals surface area contributed by atoms with Crippen LogP contribution in [0.5, 0.6) is 0 Å². The smallest absolute Gasteiger partial charge is 0.410 e. The molecule has 1 amide bonds. The van der Waals surface area contributed by atoms with Crippen molar-refractivity contribution in [2.75, 3.05) is 79.9 Å². The van der Waals surface area contributed by atoms with Crippen molar-refractivity contribution < 1.29 is 24.9 Å². The van der Waals surface area contributed by atoms with Crippen molar-refractivity contribution in [2.45, 2.75) is 102 Å². The minimum Gasteiger partial charge on any atom is -0.444 e. The van der Waals surface area contributed by atoms with Crippen molar-refractivity contribution in [3.63, 3.8) is 0 Å². The Morgan fingerprint density at radius 2 is 1.06 bits per heavy atom. The zero-order chi connectivity index (χ0) is 48.9. The highest BCUT2D eigenvalue weighted by Gasteiger charge is 2.27. The molecule has 72 heavy (non-hydrogen) atoms. The lowest BCUT2D eigenvalue weighted by Gasteiger charge is -2.37. The molecule has 0 bridgehead atoms. The molecule has 6 aromatic rings. The molecule has 10 rings (SSSR count). The molecule has 2 aliphatic heterocycles. The molecule has 0 atom stereocenters. The fraction of sp³-hybridized carbons (Fsp3) is 0.500. The lowest BCUT2D eigenvalue weighted by atomic mass is 9.93. The second-order valence-electron chi connectivity index (χ2n) is 18.8. The van der Waals surface area contributed by atoms with Gasteiger partial charge in [-0.05, 0) is 121 Å². The minimum atomic E-state index is -0.488. The largest absolute Gasteiger partial charge is 0.444 e. The van der Waals surface area contributed by atoms with Crippen molar-refractivity contribution in [1.82, 2.24) is 39.3 Å². The van der Waals surface area contributed by atoms with Crippen LogP contribution in [0.1, 0.15) is 72.1 Å². The normalized spacial score (nSPS) is 19.8. The maximum Gasteiger partial charge on any atom is 0.410 e. The molecule has 4 aliphatic rings. The van der Waals surface area contributed by atoms with Crippen molar-refractivity contribution in [2.24, 2.45) is 0 Å². The number of aliphatic hydroxyl groups is 3. The Hall–Kier alpha value is -3.24. The van der Waals surface area contributed by atoms with Gasteiger partial charge in [-0.3, -0.25) is 0 Å². The average Bonchev–Trinajstić information content (AvgIpc) is 4.03. The van der Waals surface area contributed by atoms with E-state index < -0.39 is 5.60 Å². The summed E-state index contributed by atoms with van der Waals surface area (Å²) in [5, 5.41) is 39.2. The summed E-state index contributed by atoms with van der Waals surface area (Å²) >= 11 is 4.24. The van der Waals surface area contributed by atoms with Gasteiger partial charge in [0.25, 0.3) is 0 Å². The van der Waals surface area contributed by atoms with E-state index in [9.17, 15) is 15.0 Å². The highest BCUT2D eigenvalue weighted by atomic mass is 128. The standard InChI is InChI=1S/C27H36N6O3.C22H28N6O.CH4O.2ClH.I2.HI/c1-27(2,3)36-26(35)32-17-15-31(16-18-32)22-5-4-6-23-21(22)12-14-33(23)24-11-13-28-25(30-24)29-19-7-9-20(34)10-8-19;29-17-6-4-16(5-7-17)25-22-24-10-8-21(26-22)28-13-9-18-19(2-1-3-20(18)28)27-14-11-23-12-15-27;1-2;;;1-2;/h4-6,11-14,19-20,34H,7-10,15-18H2,1-3H3,(H,28,29,30);1-3,8-10,13,16-17,23,29H,4-7,11-12,14-15H2,(H,24,25,26);2H,1H3;2*1H;;1H. The quantitative estimate of drug-likeness (QED) is 0.0789. The van der Waals surface area contributed by atoms with Gasteiger partial charge < -0.3 is 59.8 Å². The zero-order valence-electron chi connectivity index (χ0n) is 41.4. The number of aromatic nitrogens is 6. The van der Waals surface area contributed by atoms with Gasteiger partial charge in [0.05, 0.1) is 23.2 Å². The molecular weight excluding hydrogens is 1300 g/mol. The van der Waals surface area contributed by atoms with Crippen LogP contribution in [0.3, 0.4) is 0 Å². The van der Waals surface area contributed by atoms with E-state index in [1.165, 1.54) is 11.1 Å². The number of ether oxygens (including phenoxy) is 1. The van der Waals surface area contributed by atoms with Crippen molar-refractivity contribution in [1.29, 1.82) is 0 Å². The highest BCUT2D eigenvalue weighted by Crippen LogP contribution is 2.32. The van der Waals surface area contributed by atoms with E-state index in [4.69, 9.17) is 19.8 Å². The van der Waals surface area contributed by atoms with Gasteiger partial charge in [-0.2, -0.15) is 9.97 Å². The number of anilines is 4. The molecular formula is C50H71Cl2I3N12O5. The molecule has 4 aromatic heterocycles. The first kappa shape index (κ1) is 61.3. The van der Waals surface area contributed by atoms with Gasteiger partial charge in [-0.1, -0.05) is 12.1 Å². The molecule has 6 heterocycles. The topological polar surface area (TPSA) is 194 Å². The van der Waals surface area contributed by atoms with Gasteiger partial charge in [0.2, 0.25) is 11.9 Å². The summed E-state index contributed by atoms with van der Waals surface area (Å²) in [4.78, 5) is 37.4. The number of amides is 1. The van der Waals surface area contributed by atoms with Crippen LogP contribution in [-0.2, 0) is 4.74 Å². The Kier molecular flexibility index (Phi) is 25.3. The van der Waals surface area contributed by atoms with Crippen LogP contribution in [0.25, 0.3) is 33.4 Å². The first-order valence-electron chi connectivity index (χ1n) is 24.1. The predicted octanol–water partition coefficient (Wildman–Crippen LogP) is 9.58. The Morgan fingerprint density at radius 1 is 0.639 bits per heavy atom. The van der Waals surface area contributed by atoms with Gasteiger partial charge >= 0.3 is 6.09 Å². The van der Waals surface area contributed by atoms with Crippen LogP contribution in [0.2, 0.25) is 0 Å². The molecule has 396 valence electrons. The van der Waals surface area contributed by atoms with E-state index in [1.54, 1.807) is 11.1 Å². The van der Waals surface area contributed by atoms with E-state index >= 15 is 0 Å². The van der Waals surface area contributed by atoms with Crippen LogP contribution < -0.4 is 25.8 Å². The Labute approximate surface area is 476 Å². The molecule has 2 aromatic carbocycles. The Balaban J connectivity index is 0.000000286. The summed E-state index contributed by atoms with van der Waals surface area (Å²) in [6.07, 6.45) is 14.2. The van der Waals surface area contributed by atoms with Gasteiger partial charge in [0.15, 0.2) is 0 Å². The van der Waals surface area contributed by atoms with Crippen LogP contribution >= 0.6 is 86.0 Å². The number of hydrogen-bond donors (Lipinski definition) is 6. The molecule has 0 spiro atoms. The number of nitrogens with one attached hydrogen (secondary N) is 3. The molecule has 2 saturated carbocycles. The number of piperazine rings is 2. The van der Waals surface area contributed by atoms with E-state index in [2.05, 4.69) is 137 Å². The lowest BCUT2D eigenvalue weighted by molar-refractivity contribution is 0.0240. The Bertz CT molecular complexity index is 2560. The van der Waals surface area contributed by atoms with Gasteiger partial charge in [0.1, 0.15) is 17.2 Å². The third kappa shape index (κ3) is 16.1. The van der Waals surface area contributed by atoms with E-state index in [0.29, 0.717) is 31.0 Å². The number of hydrogen-bond acceptors (Lipinski definition) is 14. The molecule has 2 saturated heterocycles. The summed E-state index contributed by atoms with van der Waals surface area (Å²) in [5.74, 6) is 2.95. The number of carbonyl (C=O) groups excluding carboxylic acids is 1. The number of nitrogens with zero attached hydrogens (tertiary/aromatic N) is 9. The molecule has 22 heteroatoms. The average molecular weight is 1370 g/mol. The molecule has 0 radical (unpaired) electrons. The number of benzene rings is 2. The SMILES string of the molecule is CC(C)(C)OC(=O)N1CCN(c2cccc3c2ccn3-c2ccnc(NC3CCC(O)CC3)n2)CC1.CO.Cl.Cl.I.II.OC1CCC(Nc2nccc(-n3ccc4c(N5CCNCC5)cccc43)n2)CC1. The number of rotatable bonds is 8. The number of carbonyl (C=O) groups is 1. The number of halogens is 5. The summed E-state index contributed by atoms with van der Waals surface area (Å²) in [7, 11) is 1.00. The number of fused-ring (bicyclic) bond motifs is 2. The second kappa shape index (κ2) is 29.7. The van der Waals surface area contributed by atoms with Gasteiger partial charge in [0, 0.05) is 156 Å². The van der Waals surface area contributed by atoms with Crippen LogP contribution in [0, 0.1) is 0 Å². The fourth-order valence-electron chi connectivity index (χ4n) is 9.53. The van der Waals surface area contributed by atoms with Gasteiger partial charge in [-0.25, -0.2) is 14.8 Å². The third-order valence-electron chi connectivity index (χ3n) is 13.0. The molecule has 0 unspecified atom stereocenters. The van der Waals surface area contributed by atoms with Crippen molar-refractivity contribution in [3.05, 3.63) is 85.5 Å². The summed E-state index contributed by atoms with van der Waals surface area (Å²) in [6, 6.07) is 21.6. The van der Waals surface area contributed by atoms with Crippen molar-refractivity contribution in [3.8, 4) is 11.6 Å². The first-order chi connectivity index (χ1) is 33.5. The summed E-state index contributed by atoms with van der Waals surface area (Å²) in [5.41, 5.74) is 4.19. The summed E-state index contributed by atoms with van der Waals surface area (Å²) in [6.45, 7) is 12.6.